The molecule has 21 rings (SSSR count). The molecule has 15 aromatic carbocycles. The van der Waals surface area contributed by atoms with Crippen molar-refractivity contribution in [3.63, 3.8) is 0 Å². The van der Waals surface area contributed by atoms with Gasteiger partial charge < -0.3 is 41.2 Å². The summed E-state index contributed by atoms with van der Waals surface area (Å²) in [5.41, 5.74) is 13.1. The van der Waals surface area contributed by atoms with Gasteiger partial charge in [0.2, 0.25) is 0 Å². The zero-order valence-electron chi connectivity index (χ0n) is 62.9. The maximum absolute atomic E-state index is 6.50. The van der Waals surface area contributed by atoms with Crippen molar-refractivity contribution < 1.29 is 41.2 Å². The van der Waals surface area contributed by atoms with Crippen LogP contribution >= 0.6 is 0 Å². The molecule has 3 aromatic heterocycles. The molecule has 0 saturated carbocycles. The molecule has 0 unspecified atom stereocenters. The van der Waals surface area contributed by atoms with Gasteiger partial charge in [0.15, 0.2) is 0 Å². The van der Waals surface area contributed by atoms with E-state index in [2.05, 4.69) is 344 Å². The van der Waals surface area contributed by atoms with Crippen molar-refractivity contribution >= 4 is 168 Å². The minimum atomic E-state index is -0.431. The van der Waals surface area contributed by atoms with Crippen LogP contribution in [0.2, 0.25) is 0 Å². The molecule has 3 aliphatic rings. The van der Waals surface area contributed by atoms with Gasteiger partial charge in [-0.05, 0) is 282 Å². The molecule has 9 nitrogen and oxygen atoms in total. The summed E-state index contributed by atoms with van der Waals surface area (Å²) in [4.78, 5) is 0. The second kappa shape index (κ2) is 24.9. The predicted octanol–water partition coefficient (Wildman–Crippen LogP) is 23.6. The number of furan rings is 3. The molecular weight excluding hydrogens is 1330 g/mol. The lowest BCUT2D eigenvalue weighted by Gasteiger charge is -2.32. The molecule has 0 radical (unpaired) electrons. The summed E-state index contributed by atoms with van der Waals surface area (Å²) in [6.07, 6.45) is 0. The van der Waals surface area contributed by atoms with Gasteiger partial charge in [-0.15, -0.1) is 0 Å². The van der Waals surface area contributed by atoms with Gasteiger partial charge in [0, 0.05) is 32.3 Å². The van der Waals surface area contributed by atoms with E-state index in [1.165, 1.54) is 48.7 Å². The molecule has 0 N–H and O–H groups in total. The lowest BCUT2D eigenvalue weighted by atomic mass is 9.74. The first-order valence-corrected chi connectivity index (χ1v) is 37.6. The third-order valence-corrected chi connectivity index (χ3v) is 24.2. The minimum Gasteiger partial charge on any atom is -0.456 e. The van der Waals surface area contributed by atoms with Crippen molar-refractivity contribution in [2.75, 3.05) is 0 Å². The maximum Gasteiger partial charge on any atom is 0.495 e. The van der Waals surface area contributed by atoms with E-state index in [0.717, 1.165) is 132 Å². The zero-order chi connectivity index (χ0) is 74.0. The molecule has 0 bridgehead atoms. The van der Waals surface area contributed by atoms with E-state index in [9.17, 15) is 0 Å². The van der Waals surface area contributed by atoms with Crippen LogP contribution in [0, 0.1) is 0 Å². The highest BCUT2D eigenvalue weighted by atomic mass is 16.7. The van der Waals surface area contributed by atoms with Crippen LogP contribution in [0.3, 0.4) is 0 Å². The van der Waals surface area contributed by atoms with Crippen LogP contribution in [-0.2, 0) is 27.9 Å². The molecule has 3 fully saturated rings. The smallest absolute Gasteiger partial charge is 0.456 e. The normalized spacial score (nSPS) is 17.1. The largest absolute Gasteiger partial charge is 0.495 e. The van der Waals surface area contributed by atoms with Crippen LogP contribution in [0.5, 0.6) is 0 Å². The Hall–Kier alpha value is -10.8. The van der Waals surface area contributed by atoms with Crippen LogP contribution in [0.4, 0.5) is 0 Å². The first kappa shape index (κ1) is 67.8. The molecule has 3 saturated heterocycles. The summed E-state index contributed by atoms with van der Waals surface area (Å²) in [5.74, 6) is 0. The summed E-state index contributed by atoms with van der Waals surface area (Å²) in [6, 6.07) is 96.5. The van der Waals surface area contributed by atoms with Gasteiger partial charge in [-0.3, -0.25) is 0 Å². The number of hydrogen-bond donors (Lipinski definition) is 0. The number of para-hydroxylation sites is 1. The highest BCUT2D eigenvalue weighted by Gasteiger charge is 2.54. The van der Waals surface area contributed by atoms with Gasteiger partial charge in [-0.1, -0.05) is 188 Å². The van der Waals surface area contributed by atoms with E-state index in [-0.39, 0.29) is 0 Å². The van der Waals surface area contributed by atoms with Crippen LogP contribution < -0.4 is 16.4 Å². The number of benzene rings is 15. The summed E-state index contributed by atoms with van der Waals surface area (Å²) in [7, 11) is -1.28. The fraction of sp³-hybridized carbons (Fsp3) is 0.188. The average Bonchev–Trinajstić information content (AvgIpc) is 1.76. The first-order chi connectivity index (χ1) is 51.9. The van der Waals surface area contributed by atoms with Crippen molar-refractivity contribution in [1.82, 2.24) is 0 Å². The summed E-state index contributed by atoms with van der Waals surface area (Å²) >= 11 is 0. The Kier molecular flexibility index (Phi) is 15.6. The average molecular weight is 1410 g/mol. The summed E-state index contributed by atoms with van der Waals surface area (Å²) in [5, 5.41) is 20.9. The third-order valence-electron chi connectivity index (χ3n) is 24.2. The van der Waals surface area contributed by atoms with Crippen LogP contribution in [0.15, 0.2) is 286 Å². The van der Waals surface area contributed by atoms with Gasteiger partial charge in [0.1, 0.15) is 33.5 Å². The Morgan fingerprint density at radius 2 is 0.472 bits per heavy atom. The zero-order valence-corrected chi connectivity index (χ0v) is 62.9. The number of fused-ring (bicyclic) bond motifs is 15. The Balaban J connectivity index is 0.000000110. The van der Waals surface area contributed by atoms with Crippen LogP contribution in [0.25, 0.3) is 164 Å². The quantitative estimate of drug-likeness (QED) is 0.151. The fourth-order valence-electron chi connectivity index (χ4n) is 16.0. The third kappa shape index (κ3) is 11.4. The lowest BCUT2D eigenvalue weighted by molar-refractivity contribution is 0.00578. The van der Waals surface area contributed by atoms with E-state index >= 15 is 0 Å². The van der Waals surface area contributed by atoms with Crippen molar-refractivity contribution in [2.45, 2.75) is 117 Å². The second-order valence-electron chi connectivity index (χ2n) is 32.6. The van der Waals surface area contributed by atoms with Crippen molar-refractivity contribution in [1.29, 1.82) is 0 Å². The maximum atomic E-state index is 6.50. The first-order valence-electron chi connectivity index (χ1n) is 37.6. The molecule has 18 aromatic rings. The monoisotopic (exact) mass is 1410 g/mol. The Labute approximate surface area is 628 Å². The van der Waals surface area contributed by atoms with Crippen molar-refractivity contribution in [3.8, 4) is 33.4 Å². The lowest BCUT2D eigenvalue weighted by Crippen LogP contribution is -2.41. The molecule has 0 amide bonds. The highest BCUT2D eigenvalue weighted by Crippen LogP contribution is 2.45. The van der Waals surface area contributed by atoms with E-state index in [0.29, 0.717) is 0 Å². The van der Waals surface area contributed by atoms with Gasteiger partial charge in [0.25, 0.3) is 0 Å². The molecule has 0 spiro atoms. The van der Waals surface area contributed by atoms with E-state index in [4.69, 9.17) is 41.2 Å². The topological polar surface area (TPSA) is 94.8 Å². The number of rotatable bonds is 6. The van der Waals surface area contributed by atoms with E-state index in [1.807, 2.05) is 12.1 Å². The van der Waals surface area contributed by atoms with Crippen molar-refractivity contribution in [3.05, 3.63) is 273 Å². The predicted molar refractivity (Wildman–Crippen MR) is 450 cm³/mol. The molecule has 0 aliphatic carbocycles. The molecule has 12 heteroatoms. The SMILES string of the molecule is CC1(C)OB(c2cc(-c3ccc4oc5cc6ccccc6cc5c4c3)cc3ccccc23)OC1(C)C.CC1(C)OB(c2cc(-c3ccc4oc5cc6ccccc6cc5c4c3)cc3ccccc23)OC1(C)C.CC1(C)OB(c2cc(-c3cccc4cc5oc6ccccc6c5cc34)cc3ccccc23)OC1(C)C. The summed E-state index contributed by atoms with van der Waals surface area (Å²) < 4.78 is 57.5. The molecule has 108 heavy (non-hydrogen) atoms. The van der Waals surface area contributed by atoms with E-state index < -0.39 is 55.0 Å². The molecular formula is C96H81B3O9. The van der Waals surface area contributed by atoms with Gasteiger partial charge in [-0.2, -0.15) is 0 Å². The van der Waals surface area contributed by atoms with Gasteiger partial charge >= 0.3 is 21.4 Å². The number of hydrogen-bond acceptors (Lipinski definition) is 9. The Bertz CT molecular complexity index is 6390. The minimum absolute atomic E-state index is 0.397. The molecule has 0 atom stereocenters. The van der Waals surface area contributed by atoms with Crippen LogP contribution in [0.1, 0.15) is 83.1 Å². The van der Waals surface area contributed by atoms with Gasteiger partial charge in [-0.25, -0.2) is 0 Å². The summed E-state index contributed by atoms with van der Waals surface area (Å²) in [6.45, 7) is 25.2. The Morgan fingerprint density at radius 3 is 0.880 bits per heavy atom. The van der Waals surface area contributed by atoms with Crippen molar-refractivity contribution in [2.24, 2.45) is 0 Å². The molecule has 6 heterocycles. The standard InChI is InChI=1S/3C32H27BO3/c1-31(2)32(3,4)36-33(35-31)28-17-22(16-20-10-5-6-12-24(20)28)23-14-9-11-21-18-30-27(19-26(21)23)25-13-7-8-15-29(25)34-30;2*1-31(2)32(3,4)36-33(35-31)28-18-24(15-23-11-7-8-12-25(23)28)22-13-14-29-26(17-22)27-16-20-9-5-6-10-21(20)19-30(27)34-29/h3*5-19H,1-4H3. The Morgan fingerprint density at radius 1 is 0.185 bits per heavy atom. The molecule has 3 aliphatic heterocycles. The van der Waals surface area contributed by atoms with E-state index in [1.54, 1.807) is 0 Å². The fourth-order valence-corrected chi connectivity index (χ4v) is 16.0. The highest BCUT2D eigenvalue weighted by molar-refractivity contribution is 6.66. The second-order valence-corrected chi connectivity index (χ2v) is 32.6. The van der Waals surface area contributed by atoms with Crippen LogP contribution in [-0.4, -0.2) is 55.0 Å². The van der Waals surface area contributed by atoms with Gasteiger partial charge in [0.05, 0.1) is 33.6 Å². The molecule has 528 valence electrons.